The van der Waals surface area contributed by atoms with Crippen LogP contribution in [0.1, 0.15) is 399 Å². The summed E-state index contributed by atoms with van der Waals surface area (Å²) in [6, 6.07) is 0. The third-order valence-electron chi connectivity index (χ3n) is 17.7. The molecule has 0 aromatic heterocycles. The van der Waals surface area contributed by atoms with Crippen molar-refractivity contribution in [3.05, 3.63) is 36.5 Å². The van der Waals surface area contributed by atoms with Gasteiger partial charge in [-0.3, -0.25) is 18.6 Å². The van der Waals surface area contributed by atoms with Gasteiger partial charge < -0.3 is 18.9 Å². The van der Waals surface area contributed by atoms with Crippen molar-refractivity contribution in [3.63, 3.8) is 0 Å². The molecule has 0 heterocycles. The number of phosphoric acid groups is 1. The van der Waals surface area contributed by atoms with Crippen molar-refractivity contribution in [2.24, 2.45) is 0 Å². The van der Waals surface area contributed by atoms with Crippen LogP contribution < -0.4 is 0 Å². The van der Waals surface area contributed by atoms with E-state index in [1.165, 1.54) is 308 Å². The normalized spacial score (nSPS) is 13.2. The van der Waals surface area contributed by atoms with E-state index in [0.29, 0.717) is 23.9 Å². The fraction of sp³-hybridized carbons (Fsp3) is 0.897. The number of quaternary nitrogens is 1. The highest BCUT2D eigenvalue weighted by Crippen LogP contribution is 2.43. The fourth-order valence-corrected chi connectivity index (χ4v) is 12.5. The maximum Gasteiger partial charge on any atom is 0.472 e. The van der Waals surface area contributed by atoms with Crippen LogP contribution >= 0.6 is 7.82 Å². The van der Waals surface area contributed by atoms with E-state index in [0.717, 1.165) is 57.8 Å². The topological polar surface area (TPSA) is 108 Å². The molecule has 1 N–H and O–H groups in total. The van der Waals surface area contributed by atoms with Gasteiger partial charge in [-0.1, -0.05) is 371 Å². The fourth-order valence-electron chi connectivity index (χ4n) is 11.7. The van der Waals surface area contributed by atoms with Gasteiger partial charge in [-0.05, 0) is 51.4 Å². The van der Waals surface area contributed by atoms with Crippen molar-refractivity contribution in [2.75, 3.05) is 47.5 Å². The minimum Gasteiger partial charge on any atom is -0.462 e. The van der Waals surface area contributed by atoms with Gasteiger partial charge in [0.25, 0.3) is 0 Å². The Bertz CT molecular complexity index is 1580. The van der Waals surface area contributed by atoms with E-state index >= 15 is 0 Å². The highest BCUT2D eigenvalue weighted by molar-refractivity contribution is 7.47. The van der Waals surface area contributed by atoms with Gasteiger partial charge in [0.05, 0.1) is 27.7 Å². The molecule has 0 aromatic carbocycles. The van der Waals surface area contributed by atoms with E-state index < -0.39 is 26.5 Å². The van der Waals surface area contributed by atoms with Crippen LogP contribution in [0.3, 0.4) is 0 Å². The minimum absolute atomic E-state index is 0.0316. The van der Waals surface area contributed by atoms with E-state index in [1.807, 2.05) is 21.1 Å². The molecular weight excluding hydrogens is 1110 g/mol. The third-order valence-corrected chi connectivity index (χ3v) is 18.7. The molecule has 0 spiro atoms. The Labute approximate surface area is 548 Å². The smallest absolute Gasteiger partial charge is 0.462 e. The van der Waals surface area contributed by atoms with Crippen LogP contribution in [0.5, 0.6) is 0 Å². The van der Waals surface area contributed by atoms with Crippen LogP contribution in [0.4, 0.5) is 0 Å². The number of unbranched alkanes of at least 4 members (excludes halogenated alkanes) is 53. The molecule has 0 aliphatic heterocycles. The molecule has 0 aliphatic rings. The Morgan fingerprint density at radius 1 is 0.352 bits per heavy atom. The number of carbonyl (C=O) groups is 2. The van der Waals surface area contributed by atoms with Crippen molar-refractivity contribution in [2.45, 2.75) is 405 Å². The van der Waals surface area contributed by atoms with Crippen LogP contribution in [-0.2, 0) is 32.7 Å². The van der Waals surface area contributed by atoms with E-state index in [-0.39, 0.29) is 25.6 Å². The molecule has 0 saturated heterocycles. The zero-order valence-corrected chi connectivity index (χ0v) is 60.4. The second kappa shape index (κ2) is 69.6. The highest BCUT2D eigenvalue weighted by Gasteiger charge is 2.27. The molecule has 0 aliphatic carbocycles. The van der Waals surface area contributed by atoms with Gasteiger partial charge in [0.1, 0.15) is 19.8 Å². The number of phosphoric ester groups is 1. The Balaban J connectivity index is 3.87. The van der Waals surface area contributed by atoms with Gasteiger partial charge in [-0.2, -0.15) is 0 Å². The van der Waals surface area contributed by atoms with E-state index in [2.05, 4.69) is 50.3 Å². The first-order chi connectivity index (χ1) is 43.0. The molecule has 0 amide bonds. The summed E-state index contributed by atoms with van der Waals surface area (Å²) in [6.45, 7) is 4.48. The highest BCUT2D eigenvalue weighted by atomic mass is 31.2. The lowest BCUT2D eigenvalue weighted by Gasteiger charge is -2.24. The first kappa shape index (κ1) is 86.2. The lowest BCUT2D eigenvalue weighted by molar-refractivity contribution is -0.870. The molecule has 88 heavy (non-hydrogen) atoms. The monoisotopic (exact) mass is 1260 g/mol. The average molecular weight is 1260 g/mol. The summed E-state index contributed by atoms with van der Waals surface area (Å²) in [6.07, 6.45) is 90.1. The number of nitrogens with zero attached hydrogens (tertiary/aromatic N) is 1. The zero-order valence-electron chi connectivity index (χ0n) is 59.5. The number of rotatable bonds is 73. The number of likely N-dealkylation sites (N-methyl/N-ethyl adjacent to an activating group) is 1. The molecule has 10 heteroatoms. The SMILES string of the molecule is CCCCCCC/C=C\C/C=C\C/C=C\CCCCCCCCCCC(=O)OC(COC(=O)CCCCCCCCCCCCCCCCCCCCCCCCCCCCCCCCCCCCCCCCCCC)COP(=O)(O)OCC[N+](C)(C)C. The first-order valence-electron chi connectivity index (χ1n) is 38.7. The van der Waals surface area contributed by atoms with Gasteiger partial charge in [0.2, 0.25) is 0 Å². The molecule has 0 fully saturated rings. The molecule has 0 bridgehead atoms. The van der Waals surface area contributed by atoms with Crippen molar-refractivity contribution >= 4 is 19.8 Å². The number of hydrogen-bond donors (Lipinski definition) is 1. The van der Waals surface area contributed by atoms with Crippen LogP contribution in [0.15, 0.2) is 36.5 Å². The number of carbonyl (C=O) groups excluding carboxylic acids is 2. The standard InChI is InChI=1S/C78H150NO8P/c1-6-8-10-12-14-16-18-20-22-24-26-28-30-31-32-33-34-35-36-37-38-39-40-41-42-43-44-45-46-47-49-50-52-54-56-58-60-62-64-66-68-70-77(80)84-74-76(75-86-88(82,83)85-73-72-79(3,4)5)87-78(81)71-69-67-65-63-61-59-57-55-53-51-48-29-27-25-23-21-19-17-15-13-11-9-7-2/h19,21,25,27,48,51,76H,6-18,20,22-24,26,28-47,49-50,52-75H2,1-5H3/p+1/b21-19-,27-25-,51-48-. The molecule has 2 unspecified atom stereocenters. The van der Waals surface area contributed by atoms with E-state index in [4.69, 9.17) is 18.5 Å². The summed E-state index contributed by atoms with van der Waals surface area (Å²) >= 11 is 0. The molecule has 0 saturated carbocycles. The van der Waals surface area contributed by atoms with Crippen molar-refractivity contribution < 1.29 is 42.1 Å². The summed E-state index contributed by atoms with van der Waals surface area (Å²) in [7, 11) is 1.49. The Morgan fingerprint density at radius 3 is 0.909 bits per heavy atom. The Kier molecular flexibility index (Phi) is 68.2. The maximum absolute atomic E-state index is 12.9. The molecule has 0 aromatic rings. The largest absolute Gasteiger partial charge is 0.472 e. The minimum atomic E-state index is -4.39. The molecule has 0 rings (SSSR count). The number of ether oxygens (including phenoxy) is 2. The van der Waals surface area contributed by atoms with Crippen LogP contribution in [-0.4, -0.2) is 74.9 Å². The van der Waals surface area contributed by atoms with Crippen molar-refractivity contribution in [1.29, 1.82) is 0 Å². The number of esters is 2. The predicted molar refractivity (Wildman–Crippen MR) is 381 cm³/mol. The van der Waals surface area contributed by atoms with E-state index in [1.54, 1.807) is 0 Å². The lowest BCUT2D eigenvalue weighted by atomic mass is 10.0. The number of allylic oxidation sites excluding steroid dienone is 6. The summed E-state index contributed by atoms with van der Waals surface area (Å²) < 4.78 is 34.7. The zero-order chi connectivity index (χ0) is 64.1. The lowest BCUT2D eigenvalue weighted by Crippen LogP contribution is -2.37. The van der Waals surface area contributed by atoms with Gasteiger partial charge in [-0.15, -0.1) is 0 Å². The molecule has 0 radical (unpaired) electrons. The van der Waals surface area contributed by atoms with Crippen LogP contribution in [0, 0.1) is 0 Å². The second-order valence-corrected chi connectivity index (χ2v) is 29.2. The molecule has 520 valence electrons. The quantitative estimate of drug-likeness (QED) is 0.0211. The van der Waals surface area contributed by atoms with Gasteiger partial charge in [-0.25, -0.2) is 4.57 Å². The van der Waals surface area contributed by atoms with Gasteiger partial charge in [0.15, 0.2) is 6.10 Å². The summed E-state index contributed by atoms with van der Waals surface area (Å²) in [5.41, 5.74) is 0. The van der Waals surface area contributed by atoms with E-state index in [9.17, 15) is 19.0 Å². The first-order valence-corrected chi connectivity index (χ1v) is 40.2. The third kappa shape index (κ3) is 73.3. The van der Waals surface area contributed by atoms with Crippen molar-refractivity contribution in [3.8, 4) is 0 Å². The number of hydrogen-bond acceptors (Lipinski definition) is 7. The van der Waals surface area contributed by atoms with Gasteiger partial charge >= 0.3 is 19.8 Å². The second-order valence-electron chi connectivity index (χ2n) is 27.8. The summed E-state index contributed by atoms with van der Waals surface area (Å²) in [5, 5.41) is 0. The predicted octanol–water partition coefficient (Wildman–Crippen LogP) is 25.4. The molecular formula is C78H151NO8P+. The van der Waals surface area contributed by atoms with Crippen molar-refractivity contribution in [1.82, 2.24) is 0 Å². The molecule has 2 atom stereocenters. The van der Waals surface area contributed by atoms with Crippen LogP contribution in [0.25, 0.3) is 0 Å². The Morgan fingerprint density at radius 2 is 0.614 bits per heavy atom. The molecule has 9 nitrogen and oxygen atoms in total. The average Bonchev–Trinajstić information content (AvgIpc) is 3.68. The summed E-state index contributed by atoms with van der Waals surface area (Å²) in [4.78, 5) is 35.9. The van der Waals surface area contributed by atoms with Crippen LogP contribution in [0.2, 0.25) is 0 Å². The maximum atomic E-state index is 12.9. The Hall–Kier alpha value is -1.77. The summed E-state index contributed by atoms with van der Waals surface area (Å²) in [5.74, 6) is -0.787. The van der Waals surface area contributed by atoms with Gasteiger partial charge in [0, 0.05) is 12.8 Å².